The molecule has 2 aromatic heterocycles. The van der Waals surface area contributed by atoms with E-state index in [-0.39, 0.29) is 17.0 Å². The van der Waals surface area contributed by atoms with Gasteiger partial charge in [0.1, 0.15) is 4.90 Å². The van der Waals surface area contributed by atoms with Gasteiger partial charge in [0.05, 0.1) is 17.1 Å². The van der Waals surface area contributed by atoms with Crippen molar-refractivity contribution in [2.45, 2.75) is 11.3 Å². The maximum absolute atomic E-state index is 14.0. The fourth-order valence-corrected chi connectivity index (χ4v) is 3.26. The number of anilines is 1. The summed E-state index contributed by atoms with van der Waals surface area (Å²) in [6.07, 6.45) is -2.64. The lowest BCUT2D eigenvalue weighted by molar-refractivity contribution is -0.275. The summed E-state index contributed by atoms with van der Waals surface area (Å²) in [6.45, 7) is 0. The molecule has 2 N–H and O–H groups in total. The minimum atomic E-state index is -5.23. The first-order valence-corrected chi connectivity index (χ1v) is 8.91. The van der Waals surface area contributed by atoms with E-state index in [9.17, 15) is 30.4 Å². The van der Waals surface area contributed by atoms with Crippen LogP contribution in [-0.4, -0.2) is 24.7 Å². The predicted octanol–water partition coefficient (Wildman–Crippen LogP) is 4.05. The van der Waals surface area contributed by atoms with Gasteiger partial charge in [0.15, 0.2) is 17.4 Å². The number of aromatic amines is 1. The van der Waals surface area contributed by atoms with E-state index in [1.54, 1.807) is 22.9 Å². The van der Waals surface area contributed by atoms with Gasteiger partial charge in [-0.25, -0.2) is 17.2 Å². The number of hydrogen-bond acceptors (Lipinski definition) is 4. The highest BCUT2D eigenvalue weighted by atomic mass is 32.2. The van der Waals surface area contributed by atoms with Gasteiger partial charge in [-0.05, 0) is 18.2 Å². The second-order valence-corrected chi connectivity index (χ2v) is 7.06. The average molecular weight is 419 g/mol. The lowest BCUT2D eigenvalue weighted by atomic mass is 10.3. The van der Waals surface area contributed by atoms with Crippen molar-refractivity contribution in [3.05, 3.63) is 60.4 Å². The largest absolute Gasteiger partial charge is 0.573 e. The number of ether oxygens (including phenoxy) is 1. The number of sulfonamides is 1. The molecule has 0 spiro atoms. The van der Waals surface area contributed by atoms with Gasteiger partial charge < -0.3 is 9.72 Å². The van der Waals surface area contributed by atoms with Crippen LogP contribution in [0.2, 0.25) is 0 Å². The molecule has 0 saturated carbocycles. The number of pyridine rings is 1. The summed E-state index contributed by atoms with van der Waals surface area (Å²) in [5.74, 6) is -4.48. The van der Waals surface area contributed by atoms with Crippen LogP contribution in [0.5, 0.6) is 5.75 Å². The Hall–Kier alpha value is -3.15. The number of hydrogen-bond donors (Lipinski definition) is 2. The Labute approximate surface area is 155 Å². The third kappa shape index (κ3) is 4.39. The number of rotatable bonds is 5. The zero-order chi connectivity index (χ0) is 20.5. The van der Waals surface area contributed by atoms with Crippen LogP contribution in [-0.2, 0) is 10.0 Å². The van der Waals surface area contributed by atoms with E-state index in [1.807, 2.05) is 0 Å². The molecule has 3 rings (SSSR count). The number of alkyl halides is 3. The maximum atomic E-state index is 14.0. The van der Waals surface area contributed by atoms with Crippen LogP contribution in [0.1, 0.15) is 0 Å². The summed E-state index contributed by atoms with van der Waals surface area (Å²) in [4.78, 5) is 6.40. The molecular weight excluding hydrogens is 409 g/mol. The molecule has 28 heavy (non-hydrogen) atoms. The smallest absolute Gasteiger partial charge is 0.403 e. The summed E-state index contributed by atoms with van der Waals surface area (Å²) in [6, 6.07) is 6.51. The summed E-state index contributed by atoms with van der Waals surface area (Å²) in [7, 11) is -4.37. The summed E-state index contributed by atoms with van der Waals surface area (Å²) in [5.41, 5.74) is -0.0935. The van der Waals surface area contributed by atoms with E-state index in [4.69, 9.17) is 0 Å². The molecule has 0 unspecified atom stereocenters. The molecule has 12 heteroatoms. The van der Waals surface area contributed by atoms with Crippen LogP contribution in [0.25, 0.3) is 11.4 Å². The van der Waals surface area contributed by atoms with Crippen molar-refractivity contribution in [3.8, 4) is 17.1 Å². The summed E-state index contributed by atoms with van der Waals surface area (Å²) < 4.78 is 94.0. The van der Waals surface area contributed by atoms with Crippen molar-refractivity contribution in [2.75, 3.05) is 4.72 Å². The molecule has 0 aliphatic carbocycles. The second kappa shape index (κ2) is 7.11. The van der Waals surface area contributed by atoms with Crippen LogP contribution in [0, 0.1) is 11.6 Å². The van der Waals surface area contributed by atoms with Gasteiger partial charge in [-0.3, -0.25) is 9.71 Å². The van der Waals surface area contributed by atoms with Crippen molar-refractivity contribution < 1.29 is 35.1 Å². The minimum absolute atomic E-state index is 0.0944. The third-order valence-electron chi connectivity index (χ3n) is 3.40. The van der Waals surface area contributed by atoms with Crippen molar-refractivity contribution in [1.29, 1.82) is 0 Å². The maximum Gasteiger partial charge on any atom is 0.573 e. The Morgan fingerprint density at radius 1 is 1.07 bits per heavy atom. The first-order valence-electron chi connectivity index (χ1n) is 7.42. The molecule has 0 aliphatic rings. The van der Waals surface area contributed by atoms with E-state index >= 15 is 0 Å². The molecule has 148 valence electrons. The standard InChI is InChI=1S/C16H10F5N3O3S/c17-10-7-15(27-16(19,20)21)11(18)6-13(10)24-28(25,26)9-5-14(23-8-9)12-3-1-2-4-22-12/h1-8,23-24H. The molecule has 1 aromatic carbocycles. The highest BCUT2D eigenvalue weighted by molar-refractivity contribution is 7.92. The van der Waals surface area contributed by atoms with Gasteiger partial charge in [0, 0.05) is 24.5 Å². The summed E-state index contributed by atoms with van der Waals surface area (Å²) in [5, 5.41) is 0. The Kier molecular flexibility index (Phi) is 4.98. The third-order valence-corrected chi connectivity index (χ3v) is 4.74. The van der Waals surface area contributed by atoms with E-state index < -0.39 is 39.5 Å². The molecule has 0 aliphatic heterocycles. The molecule has 0 saturated heterocycles. The van der Waals surface area contributed by atoms with Crippen molar-refractivity contribution in [1.82, 2.24) is 9.97 Å². The van der Waals surface area contributed by atoms with Crippen molar-refractivity contribution in [2.24, 2.45) is 0 Å². The van der Waals surface area contributed by atoms with Crippen molar-refractivity contribution in [3.63, 3.8) is 0 Å². The van der Waals surface area contributed by atoms with Gasteiger partial charge in [-0.1, -0.05) is 6.07 Å². The number of halogens is 5. The van der Waals surface area contributed by atoms with Crippen LogP contribution >= 0.6 is 0 Å². The Bertz CT molecular complexity index is 1100. The first kappa shape index (κ1) is 19.6. The van der Waals surface area contributed by atoms with Gasteiger partial charge in [0.25, 0.3) is 10.0 Å². The zero-order valence-corrected chi connectivity index (χ0v) is 14.4. The fourth-order valence-electron chi connectivity index (χ4n) is 2.21. The molecular formula is C16H10F5N3O3S. The molecule has 0 atom stereocenters. The van der Waals surface area contributed by atoms with Crippen LogP contribution in [0.3, 0.4) is 0 Å². The Balaban J connectivity index is 1.87. The molecule has 0 bridgehead atoms. The molecule has 3 aromatic rings. The molecule has 2 heterocycles. The number of H-pyrrole nitrogens is 1. The predicted molar refractivity (Wildman–Crippen MR) is 87.9 cm³/mol. The second-order valence-electron chi connectivity index (χ2n) is 5.38. The first-order chi connectivity index (χ1) is 13.0. The van der Waals surface area contributed by atoms with Crippen LogP contribution in [0.4, 0.5) is 27.6 Å². The fraction of sp³-hybridized carbons (Fsp3) is 0.0625. The number of nitrogens with one attached hydrogen (secondary N) is 2. The number of aromatic nitrogens is 2. The monoisotopic (exact) mass is 419 g/mol. The van der Waals surface area contributed by atoms with Crippen molar-refractivity contribution >= 4 is 15.7 Å². The van der Waals surface area contributed by atoms with E-state index in [0.29, 0.717) is 11.4 Å². The zero-order valence-electron chi connectivity index (χ0n) is 13.6. The summed E-state index contributed by atoms with van der Waals surface area (Å²) >= 11 is 0. The topological polar surface area (TPSA) is 84.1 Å². The molecule has 0 fully saturated rings. The van der Waals surface area contributed by atoms with Crippen LogP contribution in [0.15, 0.2) is 53.7 Å². The lowest BCUT2D eigenvalue weighted by Crippen LogP contribution is -2.19. The molecule has 0 amide bonds. The van der Waals surface area contributed by atoms with E-state index in [0.717, 1.165) is 6.20 Å². The minimum Gasteiger partial charge on any atom is -0.403 e. The van der Waals surface area contributed by atoms with Gasteiger partial charge in [-0.15, -0.1) is 13.2 Å². The highest BCUT2D eigenvalue weighted by Gasteiger charge is 2.33. The van der Waals surface area contributed by atoms with Gasteiger partial charge in [-0.2, -0.15) is 0 Å². The normalized spacial score (nSPS) is 12.0. The number of benzene rings is 1. The van der Waals surface area contributed by atoms with Gasteiger partial charge >= 0.3 is 6.36 Å². The molecule has 0 radical (unpaired) electrons. The Morgan fingerprint density at radius 2 is 1.82 bits per heavy atom. The number of nitrogens with zero attached hydrogens (tertiary/aromatic N) is 1. The Morgan fingerprint density at radius 3 is 2.46 bits per heavy atom. The molecule has 6 nitrogen and oxygen atoms in total. The highest BCUT2D eigenvalue weighted by Crippen LogP contribution is 2.31. The van der Waals surface area contributed by atoms with E-state index in [1.165, 1.54) is 12.3 Å². The average Bonchev–Trinajstić information content (AvgIpc) is 3.10. The van der Waals surface area contributed by atoms with Gasteiger partial charge in [0.2, 0.25) is 0 Å². The lowest BCUT2D eigenvalue weighted by Gasteiger charge is -2.12. The quantitative estimate of drug-likeness (QED) is 0.611. The SMILES string of the molecule is O=S(=O)(Nc1cc(F)c(OC(F)(F)F)cc1F)c1c[nH]c(-c2ccccn2)c1. The van der Waals surface area contributed by atoms with E-state index in [2.05, 4.69) is 14.7 Å². The van der Waals surface area contributed by atoms with Crippen LogP contribution < -0.4 is 9.46 Å².